The number of hydrogen-bond donors (Lipinski definition) is 3. The molecule has 0 unspecified atom stereocenters. The monoisotopic (exact) mass is 663 g/mol. The van der Waals surface area contributed by atoms with Crippen molar-refractivity contribution >= 4 is 27.5 Å². The molecule has 3 N–H and O–H groups in total. The third-order valence-electron chi connectivity index (χ3n) is 7.63. The summed E-state index contributed by atoms with van der Waals surface area (Å²) in [5.74, 6) is -2.88. The molecule has 0 saturated carbocycles. The molecule has 2 saturated heterocycles. The Balaban J connectivity index is 1.56. The molecule has 0 bridgehead atoms. The minimum absolute atomic E-state index is 0.0216. The molecule has 1 amide bonds. The van der Waals surface area contributed by atoms with Crippen LogP contribution in [0.5, 0.6) is 0 Å². The summed E-state index contributed by atoms with van der Waals surface area (Å²) in [7, 11) is 1.28. The van der Waals surface area contributed by atoms with Crippen molar-refractivity contribution < 1.29 is 43.1 Å². The Morgan fingerprint density at radius 3 is 2.67 bits per heavy atom. The first-order valence-electron chi connectivity index (χ1n) is 13.2. The van der Waals surface area contributed by atoms with Crippen LogP contribution in [0.25, 0.3) is 11.3 Å². The molecule has 5 rings (SSSR count). The Bertz CT molecular complexity index is 1550. The second kappa shape index (κ2) is 12.7. The number of carbonyl (C=O) groups is 1. The SMILES string of the molecule is CO[C@@H]1[C@@H](n2cc(-c3ccc(C)c(F)c3F)nn2)[C@@H](O)[C@@H](CO)O[C@H]1C(=O)N(c1cc(Br)cc(C#N)c1)[C@@H]1COC[C@H]1O. The smallest absolute Gasteiger partial charge is 0.259 e. The average molecular weight is 664 g/mol. The maximum absolute atomic E-state index is 14.7. The average Bonchev–Trinajstić information content (AvgIpc) is 3.64. The van der Waals surface area contributed by atoms with Crippen molar-refractivity contribution in [2.24, 2.45) is 0 Å². The van der Waals surface area contributed by atoms with Gasteiger partial charge < -0.3 is 34.4 Å². The van der Waals surface area contributed by atoms with E-state index in [0.717, 1.165) is 4.68 Å². The highest BCUT2D eigenvalue weighted by atomic mass is 79.9. The Kier molecular flexibility index (Phi) is 9.18. The molecule has 43 heavy (non-hydrogen) atoms. The number of methoxy groups -OCH3 is 1. The summed E-state index contributed by atoms with van der Waals surface area (Å²) in [5, 5.41) is 49.5. The van der Waals surface area contributed by atoms with Crippen LogP contribution < -0.4 is 4.90 Å². The summed E-state index contributed by atoms with van der Waals surface area (Å²) in [6, 6.07) is 7.32. The number of amides is 1. The Morgan fingerprint density at radius 1 is 1.26 bits per heavy atom. The summed E-state index contributed by atoms with van der Waals surface area (Å²) < 4.78 is 47.7. The molecular weight excluding hydrogens is 636 g/mol. The molecule has 12 nitrogen and oxygen atoms in total. The highest BCUT2D eigenvalue weighted by Crippen LogP contribution is 2.36. The number of carbonyl (C=O) groups excluding carboxylic acids is 1. The molecule has 3 aromatic rings. The number of benzene rings is 2. The number of nitrogens with zero attached hydrogens (tertiary/aromatic N) is 5. The van der Waals surface area contributed by atoms with Gasteiger partial charge in [-0.1, -0.05) is 27.2 Å². The first-order valence-corrected chi connectivity index (χ1v) is 14.0. The highest BCUT2D eigenvalue weighted by Gasteiger charge is 2.52. The van der Waals surface area contributed by atoms with E-state index in [0.29, 0.717) is 4.47 Å². The van der Waals surface area contributed by atoms with E-state index < -0.39 is 66.8 Å². The number of anilines is 1. The number of aryl methyl sites for hydroxylation is 1. The summed E-state index contributed by atoms with van der Waals surface area (Å²) in [6.45, 7) is 0.668. The molecule has 2 fully saturated rings. The molecule has 2 aromatic carbocycles. The van der Waals surface area contributed by atoms with E-state index in [1.165, 1.54) is 43.3 Å². The lowest BCUT2D eigenvalue weighted by Crippen LogP contribution is -2.63. The van der Waals surface area contributed by atoms with Crippen molar-refractivity contribution in [3.63, 3.8) is 0 Å². The number of aliphatic hydroxyl groups excluding tert-OH is 3. The van der Waals surface area contributed by atoms with Crippen molar-refractivity contribution in [1.29, 1.82) is 5.26 Å². The number of ether oxygens (including phenoxy) is 3. The van der Waals surface area contributed by atoms with Crippen LogP contribution in [0.4, 0.5) is 14.5 Å². The lowest BCUT2D eigenvalue weighted by Gasteiger charge is -2.45. The van der Waals surface area contributed by atoms with Gasteiger partial charge in [0, 0.05) is 22.8 Å². The lowest BCUT2D eigenvalue weighted by molar-refractivity contribution is -0.211. The van der Waals surface area contributed by atoms with Crippen LogP contribution in [-0.4, -0.2) is 99.7 Å². The van der Waals surface area contributed by atoms with Crippen LogP contribution in [0.1, 0.15) is 17.2 Å². The van der Waals surface area contributed by atoms with Crippen molar-refractivity contribution in [3.05, 3.63) is 63.8 Å². The zero-order valence-corrected chi connectivity index (χ0v) is 24.6. The number of nitriles is 1. The summed E-state index contributed by atoms with van der Waals surface area (Å²) in [4.78, 5) is 15.6. The molecule has 2 aliphatic heterocycles. The molecule has 0 aliphatic carbocycles. The summed E-state index contributed by atoms with van der Waals surface area (Å²) >= 11 is 3.35. The van der Waals surface area contributed by atoms with Gasteiger partial charge in [-0.2, -0.15) is 5.26 Å². The fourth-order valence-electron chi connectivity index (χ4n) is 5.42. The predicted molar refractivity (Wildman–Crippen MR) is 149 cm³/mol. The number of halogens is 3. The Labute approximate surface area is 253 Å². The highest BCUT2D eigenvalue weighted by molar-refractivity contribution is 9.10. The van der Waals surface area contributed by atoms with Gasteiger partial charge in [-0.05, 0) is 36.8 Å². The zero-order chi connectivity index (χ0) is 31.0. The van der Waals surface area contributed by atoms with Crippen molar-refractivity contribution in [2.75, 3.05) is 31.8 Å². The first-order chi connectivity index (χ1) is 20.6. The van der Waals surface area contributed by atoms with Crippen LogP contribution in [0.15, 0.2) is 41.0 Å². The molecule has 1 aromatic heterocycles. The Hall–Kier alpha value is -3.36. The molecule has 3 heterocycles. The van der Waals surface area contributed by atoms with E-state index in [9.17, 15) is 34.2 Å². The van der Waals surface area contributed by atoms with Crippen LogP contribution in [-0.2, 0) is 19.0 Å². The van der Waals surface area contributed by atoms with Gasteiger partial charge >= 0.3 is 0 Å². The number of aromatic nitrogens is 3. The van der Waals surface area contributed by atoms with E-state index in [4.69, 9.17) is 14.2 Å². The van der Waals surface area contributed by atoms with E-state index in [1.54, 1.807) is 12.1 Å². The van der Waals surface area contributed by atoms with E-state index in [-0.39, 0.29) is 41.3 Å². The predicted octanol–water partition coefficient (Wildman–Crippen LogP) is 1.64. The fraction of sp³-hybridized carbons (Fsp3) is 0.429. The number of hydrogen-bond acceptors (Lipinski definition) is 10. The molecule has 7 atom stereocenters. The third-order valence-corrected chi connectivity index (χ3v) is 8.09. The third kappa shape index (κ3) is 5.79. The van der Waals surface area contributed by atoms with E-state index >= 15 is 0 Å². The van der Waals surface area contributed by atoms with Gasteiger partial charge in [0.15, 0.2) is 17.7 Å². The number of aliphatic hydroxyl groups is 3. The van der Waals surface area contributed by atoms with Gasteiger partial charge in [-0.3, -0.25) is 4.79 Å². The van der Waals surface area contributed by atoms with Crippen molar-refractivity contribution in [3.8, 4) is 17.3 Å². The zero-order valence-electron chi connectivity index (χ0n) is 23.0. The fourth-order valence-corrected chi connectivity index (χ4v) is 5.91. The second-order valence-corrected chi connectivity index (χ2v) is 11.2. The minimum Gasteiger partial charge on any atom is -0.394 e. The summed E-state index contributed by atoms with van der Waals surface area (Å²) in [5.41, 5.74) is 0.390. The van der Waals surface area contributed by atoms with Crippen LogP contribution in [0, 0.1) is 29.9 Å². The van der Waals surface area contributed by atoms with Gasteiger partial charge in [0.1, 0.15) is 36.2 Å². The van der Waals surface area contributed by atoms with Crippen molar-refractivity contribution in [2.45, 2.75) is 49.5 Å². The first kappa shape index (κ1) is 31.1. The lowest BCUT2D eigenvalue weighted by atomic mass is 9.91. The second-order valence-electron chi connectivity index (χ2n) is 10.3. The summed E-state index contributed by atoms with van der Waals surface area (Å²) in [6.07, 6.45) is -5.30. The van der Waals surface area contributed by atoms with Gasteiger partial charge in [0.25, 0.3) is 5.91 Å². The normalized spacial score (nSPS) is 27.2. The Morgan fingerprint density at radius 2 is 2.02 bits per heavy atom. The molecule has 0 radical (unpaired) electrons. The van der Waals surface area contributed by atoms with E-state index in [2.05, 4.69) is 26.2 Å². The quantitative estimate of drug-likeness (QED) is 0.339. The molecule has 228 valence electrons. The van der Waals surface area contributed by atoms with E-state index in [1.807, 2.05) is 6.07 Å². The standard InChI is InChI=1S/C28H28BrF2N5O7/c1-13-3-4-17(23(31)22(13)30)18-9-35(34-33-18)24-25(39)21(10-37)43-27(26(24)41-2)28(40)36(19-11-42-12-20(19)38)16-6-14(8-32)5-15(29)7-16/h3-7,9,19-21,24-27,37-39H,10-12H2,1-2H3/t19-,20-,21-,24+,25+,26-,27-/m1/s1. The minimum atomic E-state index is -1.48. The van der Waals surface area contributed by atoms with Crippen LogP contribution in [0.3, 0.4) is 0 Å². The molecule has 15 heteroatoms. The van der Waals surface area contributed by atoms with Crippen LogP contribution in [0.2, 0.25) is 0 Å². The largest absolute Gasteiger partial charge is 0.394 e. The maximum atomic E-state index is 14.7. The molecule has 2 aliphatic rings. The molecular formula is C28H28BrF2N5O7. The van der Waals surface area contributed by atoms with Gasteiger partial charge in [0.05, 0.1) is 43.7 Å². The topological polar surface area (TPSA) is 163 Å². The van der Waals surface area contributed by atoms with Gasteiger partial charge in [-0.15, -0.1) is 5.10 Å². The molecule has 0 spiro atoms. The van der Waals surface area contributed by atoms with Crippen LogP contribution >= 0.6 is 15.9 Å². The van der Waals surface area contributed by atoms with Gasteiger partial charge in [0.2, 0.25) is 0 Å². The van der Waals surface area contributed by atoms with Crippen molar-refractivity contribution in [1.82, 2.24) is 15.0 Å². The number of rotatable bonds is 7. The maximum Gasteiger partial charge on any atom is 0.259 e. The van der Waals surface area contributed by atoms with Gasteiger partial charge in [-0.25, -0.2) is 13.5 Å².